The Morgan fingerprint density at radius 2 is 0.438 bits per heavy atom. The molecule has 0 bridgehead atoms. The number of aromatic nitrogens is 13. The van der Waals surface area contributed by atoms with Crippen molar-refractivity contribution in [2.45, 2.75) is 0 Å². The first-order chi connectivity index (χ1) is 47.7. The molecule has 0 unspecified atom stereocenters. The third-order valence-corrected chi connectivity index (χ3v) is 19.4. The first-order valence-corrected chi connectivity index (χ1v) is 32.1. The Bertz CT molecular complexity index is 6290. The largest absolute Gasteiger partial charge is 0.306 e. The predicted octanol–water partition coefficient (Wildman–Crippen LogP) is 19.4. The summed E-state index contributed by atoms with van der Waals surface area (Å²) in [5, 5.41) is 8.23. The van der Waals surface area contributed by atoms with Crippen molar-refractivity contribution < 1.29 is 0 Å². The second-order valence-corrected chi connectivity index (χ2v) is 24.4. The molecule has 0 atom stereocenters. The quantitative estimate of drug-likeness (QED) is 0.149. The van der Waals surface area contributed by atoms with Crippen molar-refractivity contribution in [2.24, 2.45) is 0 Å². The van der Waals surface area contributed by atoms with E-state index >= 15 is 0 Å². The van der Waals surface area contributed by atoms with Crippen molar-refractivity contribution >= 4 is 131 Å². The molecule has 0 saturated carbocycles. The van der Waals surface area contributed by atoms with Crippen molar-refractivity contribution in [3.8, 4) is 57.2 Å². The van der Waals surface area contributed by atoms with Gasteiger partial charge in [-0.3, -0.25) is 24.5 Å². The number of pyridine rings is 4. The zero-order chi connectivity index (χ0) is 62.7. The molecule has 11 heterocycles. The molecule has 96 heavy (non-hydrogen) atoms. The summed E-state index contributed by atoms with van der Waals surface area (Å²) in [6, 6.07) is 96.7. The molecule has 0 fully saturated rings. The maximum absolute atomic E-state index is 6.16. The molecular formula is C83H49N13. The molecule has 0 radical (unpaired) electrons. The Hall–Kier alpha value is -13.4. The fourth-order valence-electron chi connectivity index (χ4n) is 15.7. The van der Waals surface area contributed by atoms with Gasteiger partial charge in [0.2, 0.25) is 5.95 Å². The van der Waals surface area contributed by atoms with Crippen molar-refractivity contribution in [3.63, 3.8) is 0 Å². The Kier molecular flexibility index (Phi) is 10.9. The number of benzene rings is 10. The van der Waals surface area contributed by atoms with Crippen LogP contribution in [0.3, 0.4) is 0 Å². The van der Waals surface area contributed by atoms with E-state index in [-0.39, 0.29) is 0 Å². The number of para-hydroxylation sites is 8. The molecule has 0 amide bonds. The summed E-state index contributed by atoms with van der Waals surface area (Å²) in [5.74, 6) is 1.35. The molecule has 0 N–H and O–H groups in total. The summed E-state index contributed by atoms with van der Waals surface area (Å²) in [5.41, 5.74) is 20.0. The molecule has 446 valence electrons. The molecule has 10 aromatic carbocycles. The summed E-state index contributed by atoms with van der Waals surface area (Å²) in [6.07, 6.45) is 7.61. The third-order valence-electron chi connectivity index (χ3n) is 19.4. The summed E-state index contributed by atoms with van der Waals surface area (Å²) in [6.45, 7) is 0. The first kappa shape index (κ1) is 52.3. The summed E-state index contributed by atoms with van der Waals surface area (Å²) in [7, 11) is 0. The fraction of sp³-hybridized carbons (Fsp3) is 0. The number of hydrogen-bond donors (Lipinski definition) is 0. The van der Waals surface area contributed by atoms with Crippen LogP contribution in [0.1, 0.15) is 0 Å². The summed E-state index contributed by atoms with van der Waals surface area (Å²) >= 11 is 0. The van der Waals surface area contributed by atoms with Crippen LogP contribution in [-0.4, -0.2) is 62.3 Å². The van der Waals surface area contributed by atoms with Crippen LogP contribution in [0.25, 0.3) is 189 Å². The highest BCUT2D eigenvalue weighted by atomic mass is 15.2. The van der Waals surface area contributed by atoms with Gasteiger partial charge in [-0.05, 0) is 97.1 Å². The van der Waals surface area contributed by atoms with E-state index in [1.54, 1.807) is 0 Å². The molecule has 11 aromatic heterocycles. The van der Waals surface area contributed by atoms with Gasteiger partial charge in [0.05, 0.1) is 122 Å². The number of rotatable bonds is 8. The monoisotopic (exact) mass is 1230 g/mol. The zero-order valence-electron chi connectivity index (χ0n) is 51.1. The van der Waals surface area contributed by atoms with Crippen molar-refractivity contribution in [1.29, 1.82) is 0 Å². The van der Waals surface area contributed by atoms with Gasteiger partial charge in [0.15, 0.2) is 11.6 Å². The Labute approximate surface area is 545 Å². The van der Waals surface area contributed by atoms with Crippen LogP contribution in [0.4, 0.5) is 0 Å². The number of nitrogens with zero attached hydrogens (tertiary/aromatic N) is 13. The van der Waals surface area contributed by atoms with E-state index in [9.17, 15) is 0 Å². The minimum atomic E-state index is 0.415. The molecule has 13 heteroatoms. The second-order valence-electron chi connectivity index (χ2n) is 24.4. The topological polar surface area (TPSA) is 120 Å². The van der Waals surface area contributed by atoms with Gasteiger partial charge in [-0.1, -0.05) is 176 Å². The lowest BCUT2D eigenvalue weighted by Crippen LogP contribution is -2.19. The predicted molar refractivity (Wildman–Crippen MR) is 388 cm³/mol. The second kappa shape index (κ2) is 20.1. The molecule has 0 spiro atoms. The molecule has 0 saturated heterocycles. The van der Waals surface area contributed by atoms with Gasteiger partial charge in [-0.25, -0.2) is 4.98 Å². The minimum absolute atomic E-state index is 0.415. The first-order valence-electron chi connectivity index (χ1n) is 32.1. The van der Waals surface area contributed by atoms with E-state index in [4.69, 9.17) is 34.9 Å². The minimum Gasteiger partial charge on any atom is -0.306 e. The lowest BCUT2D eigenvalue weighted by molar-refractivity contribution is 0.943. The number of fused-ring (bicyclic) bond motifs is 18. The molecule has 0 aliphatic rings. The van der Waals surface area contributed by atoms with Gasteiger partial charge in [0, 0.05) is 73.4 Å². The van der Waals surface area contributed by atoms with Crippen LogP contribution >= 0.6 is 0 Å². The fourth-order valence-corrected chi connectivity index (χ4v) is 15.7. The van der Waals surface area contributed by atoms with Crippen molar-refractivity contribution in [2.75, 3.05) is 0 Å². The Morgan fingerprint density at radius 1 is 0.188 bits per heavy atom. The van der Waals surface area contributed by atoms with Crippen LogP contribution in [0.15, 0.2) is 298 Å². The zero-order valence-corrected chi connectivity index (χ0v) is 51.1. The maximum Gasteiger partial charge on any atom is 0.238 e. The number of hydrogen-bond acceptors (Lipinski definition) is 7. The van der Waals surface area contributed by atoms with Gasteiger partial charge >= 0.3 is 0 Å². The van der Waals surface area contributed by atoms with E-state index in [1.807, 2.05) is 36.9 Å². The van der Waals surface area contributed by atoms with E-state index in [0.29, 0.717) is 23.2 Å². The van der Waals surface area contributed by atoms with Gasteiger partial charge < -0.3 is 22.8 Å². The highest BCUT2D eigenvalue weighted by Gasteiger charge is 2.38. The van der Waals surface area contributed by atoms with Gasteiger partial charge in [0.25, 0.3) is 0 Å². The van der Waals surface area contributed by atoms with Crippen LogP contribution in [0, 0.1) is 0 Å². The summed E-state index contributed by atoms with van der Waals surface area (Å²) < 4.78 is 14.5. The van der Waals surface area contributed by atoms with Crippen molar-refractivity contribution in [3.05, 3.63) is 298 Å². The highest BCUT2D eigenvalue weighted by molar-refractivity contribution is 6.18. The van der Waals surface area contributed by atoms with Crippen molar-refractivity contribution in [1.82, 2.24) is 62.3 Å². The third kappa shape index (κ3) is 7.19. The van der Waals surface area contributed by atoms with Gasteiger partial charge in [-0.15, -0.1) is 0 Å². The van der Waals surface area contributed by atoms with Gasteiger partial charge in [0.1, 0.15) is 0 Å². The van der Waals surface area contributed by atoms with E-state index in [0.717, 1.165) is 165 Å². The van der Waals surface area contributed by atoms with Crippen LogP contribution < -0.4 is 0 Å². The molecule has 21 aromatic rings. The lowest BCUT2D eigenvalue weighted by Gasteiger charge is -2.31. The van der Waals surface area contributed by atoms with E-state index in [1.165, 1.54) is 0 Å². The SMILES string of the molecule is c1ccc(-c2nc(-c3c(-n4c5ccccc5c5ccccc54)c(-n4c5ccccc5c5ncccc54)c(-n4c5ccccc5c5ncccc54)c(-n4c5ccccc5c5ncccc54)c3-n3c4ccccc4c4ncccc43)nc(-n3c4ccccc4c4ccccc43)n2)cc1. The van der Waals surface area contributed by atoms with Crippen LogP contribution in [-0.2, 0) is 0 Å². The highest BCUT2D eigenvalue weighted by Crippen LogP contribution is 2.54. The van der Waals surface area contributed by atoms with E-state index < -0.39 is 0 Å². The lowest BCUT2D eigenvalue weighted by atomic mass is 9.99. The van der Waals surface area contributed by atoms with Crippen LogP contribution in [0.2, 0.25) is 0 Å². The standard InChI is InChI=1S/C83H49N13/c1-2-24-50(25-3-1)81-88-82(90-83(89-81)96-61-36-14-6-28-53(61)54-29-7-15-37-62(54)96)71-76(91-59-34-12-4-26-51(59)52-27-5-13-35-60(52)91)78(93-64-39-17-9-31-56(64)73-68(93)43-21-47-85-73)80(95-66-41-19-11-33-58(66)75-70(95)45-23-49-87-75)79(94-65-40-18-10-32-57(65)74-69(94)44-22-48-86-74)77(71)92-63-38-16-8-30-55(63)72-67(92)42-20-46-84-72/h1-49H. The molecule has 21 rings (SSSR count). The normalized spacial score (nSPS) is 12.2. The van der Waals surface area contributed by atoms with E-state index in [2.05, 4.69) is 288 Å². The average Bonchev–Trinajstić information content (AvgIpc) is 1.42. The average molecular weight is 1230 g/mol. The Morgan fingerprint density at radius 3 is 0.792 bits per heavy atom. The molecule has 0 aliphatic carbocycles. The smallest absolute Gasteiger partial charge is 0.238 e. The molecule has 13 nitrogen and oxygen atoms in total. The summed E-state index contributed by atoms with van der Waals surface area (Å²) in [4.78, 5) is 39.2. The molecular weight excluding hydrogens is 1180 g/mol. The molecule has 0 aliphatic heterocycles. The maximum atomic E-state index is 6.16. The van der Waals surface area contributed by atoms with Crippen LogP contribution in [0.5, 0.6) is 0 Å². The Balaban J connectivity index is 1.14. The van der Waals surface area contributed by atoms with Gasteiger partial charge in [-0.2, -0.15) is 9.97 Å².